The summed E-state index contributed by atoms with van der Waals surface area (Å²) < 4.78 is 13.8. The van der Waals surface area contributed by atoms with Crippen LogP contribution >= 0.6 is 11.6 Å². The van der Waals surface area contributed by atoms with E-state index >= 15 is 0 Å². The van der Waals surface area contributed by atoms with Crippen LogP contribution in [0.2, 0.25) is 5.02 Å². The highest BCUT2D eigenvalue weighted by Gasteiger charge is 2.28. The zero-order chi connectivity index (χ0) is 12.6. The lowest BCUT2D eigenvalue weighted by molar-refractivity contribution is 0.318. The summed E-state index contributed by atoms with van der Waals surface area (Å²) in [6, 6.07) is 4.81. The SMILES string of the molecule is CC1(C)CC(c2ccc(Cl)cc2F)=CC(N)C1. The molecule has 0 bridgehead atoms. The fourth-order valence-electron chi connectivity index (χ4n) is 2.54. The summed E-state index contributed by atoms with van der Waals surface area (Å²) in [6.45, 7) is 4.32. The molecule has 0 fully saturated rings. The number of benzene rings is 1. The van der Waals surface area contributed by atoms with Crippen molar-refractivity contribution in [2.75, 3.05) is 0 Å². The molecule has 0 heterocycles. The van der Waals surface area contributed by atoms with Gasteiger partial charge in [0, 0.05) is 16.6 Å². The van der Waals surface area contributed by atoms with Crippen molar-refractivity contribution in [3.8, 4) is 0 Å². The molecule has 1 aliphatic carbocycles. The lowest BCUT2D eigenvalue weighted by Crippen LogP contribution is -2.30. The quantitative estimate of drug-likeness (QED) is 0.804. The van der Waals surface area contributed by atoms with Gasteiger partial charge in [-0.15, -0.1) is 0 Å². The summed E-state index contributed by atoms with van der Waals surface area (Å²) in [4.78, 5) is 0. The normalized spacial score (nSPS) is 23.4. The molecule has 17 heavy (non-hydrogen) atoms. The van der Waals surface area contributed by atoms with Crippen molar-refractivity contribution in [2.45, 2.75) is 32.7 Å². The first-order chi connectivity index (χ1) is 7.87. The zero-order valence-corrected chi connectivity index (χ0v) is 10.9. The van der Waals surface area contributed by atoms with E-state index < -0.39 is 0 Å². The lowest BCUT2D eigenvalue weighted by atomic mass is 9.74. The van der Waals surface area contributed by atoms with Gasteiger partial charge in [0.2, 0.25) is 0 Å². The van der Waals surface area contributed by atoms with E-state index in [0.717, 1.165) is 18.4 Å². The maximum absolute atomic E-state index is 13.8. The molecule has 1 atom stereocenters. The Labute approximate surface area is 106 Å². The molecule has 3 heteroatoms. The Hall–Kier alpha value is -0.860. The van der Waals surface area contributed by atoms with Crippen molar-refractivity contribution < 1.29 is 4.39 Å². The average Bonchev–Trinajstić information content (AvgIpc) is 2.13. The molecule has 1 unspecified atom stereocenters. The Bertz CT molecular complexity index is 465. The molecule has 0 saturated heterocycles. The fraction of sp³-hybridized carbons (Fsp3) is 0.429. The van der Waals surface area contributed by atoms with Crippen molar-refractivity contribution in [1.29, 1.82) is 0 Å². The van der Waals surface area contributed by atoms with Gasteiger partial charge in [0.25, 0.3) is 0 Å². The molecular formula is C14H17ClFN. The third-order valence-electron chi connectivity index (χ3n) is 3.15. The molecule has 92 valence electrons. The second-order valence-electron chi connectivity index (χ2n) is 5.53. The van der Waals surface area contributed by atoms with E-state index in [4.69, 9.17) is 17.3 Å². The first-order valence-corrected chi connectivity index (χ1v) is 6.17. The average molecular weight is 254 g/mol. The minimum absolute atomic E-state index is 0.00354. The van der Waals surface area contributed by atoms with Crippen LogP contribution in [0.4, 0.5) is 4.39 Å². The topological polar surface area (TPSA) is 26.0 Å². The van der Waals surface area contributed by atoms with Crippen LogP contribution in [-0.4, -0.2) is 6.04 Å². The van der Waals surface area contributed by atoms with E-state index in [9.17, 15) is 4.39 Å². The van der Waals surface area contributed by atoms with E-state index in [1.165, 1.54) is 6.07 Å². The molecule has 0 radical (unpaired) electrons. The largest absolute Gasteiger partial charge is 0.324 e. The summed E-state index contributed by atoms with van der Waals surface area (Å²) in [5, 5.41) is 0.422. The summed E-state index contributed by atoms with van der Waals surface area (Å²) in [6.07, 6.45) is 3.75. The number of allylic oxidation sites excluding steroid dienone is 1. The number of hydrogen-bond donors (Lipinski definition) is 1. The van der Waals surface area contributed by atoms with Gasteiger partial charge in [0.1, 0.15) is 5.82 Å². The molecule has 1 aromatic carbocycles. The van der Waals surface area contributed by atoms with Crippen LogP contribution in [-0.2, 0) is 0 Å². The summed E-state index contributed by atoms with van der Waals surface area (Å²) in [7, 11) is 0. The van der Waals surface area contributed by atoms with Crippen LogP contribution in [0.25, 0.3) is 5.57 Å². The molecule has 1 aliphatic rings. The third kappa shape index (κ3) is 2.88. The van der Waals surface area contributed by atoms with Gasteiger partial charge in [-0.2, -0.15) is 0 Å². The molecule has 0 aromatic heterocycles. The summed E-state index contributed by atoms with van der Waals surface area (Å²) in [5.41, 5.74) is 7.73. The summed E-state index contributed by atoms with van der Waals surface area (Å²) in [5.74, 6) is -0.270. The Kier molecular flexibility index (Phi) is 3.28. The highest BCUT2D eigenvalue weighted by molar-refractivity contribution is 6.30. The van der Waals surface area contributed by atoms with Gasteiger partial charge in [-0.3, -0.25) is 0 Å². The molecule has 2 rings (SSSR count). The molecule has 0 saturated carbocycles. The van der Waals surface area contributed by atoms with E-state index in [2.05, 4.69) is 13.8 Å². The first kappa shape index (κ1) is 12.6. The van der Waals surface area contributed by atoms with Crippen molar-refractivity contribution >= 4 is 17.2 Å². The minimum atomic E-state index is -0.270. The standard InChI is InChI=1S/C14H17ClFN/c1-14(2)7-9(5-11(17)8-14)12-4-3-10(15)6-13(12)16/h3-6,11H,7-8,17H2,1-2H3. The van der Waals surface area contributed by atoms with Crippen LogP contribution in [0.15, 0.2) is 24.3 Å². The zero-order valence-electron chi connectivity index (χ0n) is 10.1. The first-order valence-electron chi connectivity index (χ1n) is 5.79. The Morgan fingerprint density at radius 1 is 1.41 bits per heavy atom. The van der Waals surface area contributed by atoms with Crippen molar-refractivity contribution in [3.05, 3.63) is 40.7 Å². The van der Waals surface area contributed by atoms with Crippen LogP contribution in [0.1, 0.15) is 32.3 Å². The second-order valence-corrected chi connectivity index (χ2v) is 5.96. The van der Waals surface area contributed by atoms with Crippen molar-refractivity contribution in [2.24, 2.45) is 11.1 Å². The highest BCUT2D eigenvalue weighted by atomic mass is 35.5. The van der Waals surface area contributed by atoms with Gasteiger partial charge in [0.05, 0.1) is 0 Å². The van der Waals surface area contributed by atoms with E-state index in [1.807, 2.05) is 6.08 Å². The van der Waals surface area contributed by atoms with Gasteiger partial charge in [0.15, 0.2) is 0 Å². The van der Waals surface area contributed by atoms with E-state index in [1.54, 1.807) is 12.1 Å². The highest BCUT2D eigenvalue weighted by Crippen LogP contribution is 2.39. The molecule has 0 aliphatic heterocycles. The number of rotatable bonds is 1. The maximum Gasteiger partial charge on any atom is 0.132 e. The molecule has 1 aromatic rings. The minimum Gasteiger partial charge on any atom is -0.324 e. The molecule has 0 amide bonds. The maximum atomic E-state index is 13.8. The molecule has 2 N–H and O–H groups in total. The number of nitrogens with two attached hydrogens (primary N) is 1. The Morgan fingerprint density at radius 3 is 2.71 bits per heavy atom. The van der Waals surface area contributed by atoms with Gasteiger partial charge in [-0.1, -0.05) is 37.6 Å². The van der Waals surface area contributed by atoms with Crippen molar-refractivity contribution in [3.63, 3.8) is 0 Å². The fourth-order valence-corrected chi connectivity index (χ4v) is 2.70. The predicted octanol–water partition coefficient (Wildman–Crippen LogP) is 4.01. The third-order valence-corrected chi connectivity index (χ3v) is 3.38. The Morgan fingerprint density at radius 2 is 2.12 bits per heavy atom. The molecule has 0 spiro atoms. The predicted molar refractivity (Wildman–Crippen MR) is 70.4 cm³/mol. The van der Waals surface area contributed by atoms with Gasteiger partial charge < -0.3 is 5.73 Å². The summed E-state index contributed by atoms with van der Waals surface area (Å²) >= 11 is 5.76. The second kappa shape index (κ2) is 4.43. The van der Waals surface area contributed by atoms with E-state index in [0.29, 0.717) is 10.6 Å². The number of hydrogen-bond acceptors (Lipinski definition) is 1. The van der Waals surface area contributed by atoms with Crippen LogP contribution < -0.4 is 5.73 Å². The van der Waals surface area contributed by atoms with Crippen LogP contribution in [0, 0.1) is 11.2 Å². The van der Waals surface area contributed by atoms with Gasteiger partial charge in [-0.05, 0) is 36.0 Å². The lowest BCUT2D eigenvalue weighted by Gasteiger charge is -2.33. The van der Waals surface area contributed by atoms with Crippen LogP contribution in [0.3, 0.4) is 0 Å². The van der Waals surface area contributed by atoms with E-state index in [-0.39, 0.29) is 17.3 Å². The smallest absolute Gasteiger partial charge is 0.132 e. The van der Waals surface area contributed by atoms with Gasteiger partial charge >= 0.3 is 0 Å². The monoisotopic (exact) mass is 253 g/mol. The van der Waals surface area contributed by atoms with Crippen LogP contribution in [0.5, 0.6) is 0 Å². The number of halogens is 2. The van der Waals surface area contributed by atoms with Crippen molar-refractivity contribution in [1.82, 2.24) is 0 Å². The van der Waals surface area contributed by atoms with Gasteiger partial charge in [-0.25, -0.2) is 4.39 Å². The Balaban J connectivity index is 2.39. The molecule has 1 nitrogen and oxygen atoms in total. The molecular weight excluding hydrogens is 237 g/mol.